The van der Waals surface area contributed by atoms with Crippen molar-refractivity contribution in [3.05, 3.63) is 29.6 Å². The highest BCUT2D eigenvalue weighted by molar-refractivity contribution is 5.99. The molecule has 0 fully saturated rings. The predicted molar refractivity (Wildman–Crippen MR) is 64.1 cm³/mol. The smallest absolute Gasteiger partial charge is 0.253 e. The number of hydrogen-bond acceptors (Lipinski definition) is 3. The number of amides is 1. The van der Waals surface area contributed by atoms with Gasteiger partial charge in [0.25, 0.3) is 5.91 Å². The number of carbonyl (C=O) groups excluding carboxylic acids is 1. The molecule has 94 valence electrons. The summed E-state index contributed by atoms with van der Waals surface area (Å²) in [5.74, 6) is -0.851. The van der Waals surface area contributed by atoms with Gasteiger partial charge in [0.2, 0.25) is 0 Å². The second-order valence-corrected chi connectivity index (χ2v) is 3.77. The van der Waals surface area contributed by atoms with E-state index in [0.717, 1.165) is 25.3 Å². The van der Waals surface area contributed by atoms with Crippen LogP contribution in [-0.2, 0) is 0 Å². The third kappa shape index (κ3) is 4.40. The van der Waals surface area contributed by atoms with E-state index < -0.39 is 5.82 Å². The van der Waals surface area contributed by atoms with Crippen molar-refractivity contribution in [1.82, 2.24) is 5.32 Å². The molecule has 1 aromatic rings. The summed E-state index contributed by atoms with van der Waals surface area (Å²) in [7, 11) is 0. The molecule has 1 aromatic carbocycles. The molecule has 0 aromatic heterocycles. The average molecular weight is 240 g/mol. The van der Waals surface area contributed by atoms with Crippen LogP contribution in [0.25, 0.3) is 0 Å². The highest BCUT2D eigenvalue weighted by atomic mass is 19.1. The van der Waals surface area contributed by atoms with Crippen LogP contribution in [0, 0.1) is 5.82 Å². The van der Waals surface area contributed by atoms with E-state index in [2.05, 4.69) is 5.32 Å². The summed E-state index contributed by atoms with van der Waals surface area (Å²) in [6, 6.07) is 3.71. The maximum Gasteiger partial charge on any atom is 0.253 e. The summed E-state index contributed by atoms with van der Waals surface area (Å²) in [5.41, 5.74) is 6.00. The van der Waals surface area contributed by atoms with Gasteiger partial charge in [-0.1, -0.05) is 0 Å². The molecule has 1 rings (SSSR count). The Labute approximate surface area is 99.6 Å². The minimum atomic E-state index is -0.482. The predicted octanol–water partition coefficient (Wildman–Crippen LogP) is 1.30. The molecule has 0 radical (unpaired) electrons. The second-order valence-electron chi connectivity index (χ2n) is 3.77. The van der Waals surface area contributed by atoms with E-state index in [1.807, 2.05) is 0 Å². The first-order valence-corrected chi connectivity index (χ1v) is 5.59. The quantitative estimate of drug-likeness (QED) is 0.518. The molecule has 0 aliphatic carbocycles. The number of rotatable bonds is 6. The van der Waals surface area contributed by atoms with Crippen LogP contribution >= 0.6 is 0 Å². The molecule has 0 unspecified atom stereocenters. The van der Waals surface area contributed by atoms with E-state index >= 15 is 0 Å². The Balaban J connectivity index is 2.44. The molecule has 4 N–H and O–H groups in total. The number of aliphatic hydroxyl groups excluding tert-OH is 1. The minimum Gasteiger partial charge on any atom is -0.398 e. The van der Waals surface area contributed by atoms with Gasteiger partial charge in [-0.3, -0.25) is 4.79 Å². The first-order valence-electron chi connectivity index (χ1n) is 5.59. The van der Waals surface area contributed by atoms with Crippen molar-refractivity contribution in [2.75, 3.05) is 18.9 Å². The van der Waals surface area contributed by atoms with Gasteiger partial charge in [0.15, 0.2) is 0 Å². The van der Waals surface area contributed by atoms with Gasteiger partial charge in [-0.05, 0) is 37.5 Å². The van der Waals surface area contributed by atoms with E-state index in [1.165, 1.54) is 12.1 Å². The van der Waals surface area contributed by atoms with E-state index in [-0.39, 0.29) is 23.8 Å². The number of halogens is 1. The summed E-state index contributed by atoms with van der Waals surface area (Å²) in [5, 5.41) is 11.2. The number of nitrogens with two attached hydrogens (primary N) is 1. The standard InChI is InChI=1S/C12H17FN2O2/c13-9-4-5-11(14)10(8-9)12(17)15-6-2-1-3-7-16/h4-5,8,16H,1-3,6-7,14H2,(H,15,17). The number of benzene rings is 1. The second kappa shape index (κ2) is 6.85. The lowest BCUT2D eigenvalue weighted by molar-refractivity contribution is 0.0953. The molecule has 0 heterocycles. The first-order chi connectivity index (χ1) is 8.15. The van der Waals surface area contributed by atoms with Gasteiger partial charge in [0, 0.05) is 18.8 Å². The number of carbonyl (C=O) groups is 1. The summed E-state index contributed by atoms with van der Waals surface area (Å²) in [6.07, 6.45) is 2.34. The molecular formula is C12H17FN2O2. The number of aliphatic hydroxyl groups is 1. The van der Waals surface area contributed by atoms with Crippen LogP contribution in [0.15, 0.2) is 18.2 Å². The molecule has 0 saturated heterocycles. The fourth-order valence-corrected chi connectivity index (χ4v) is 1.44. The molecule has 0 saturated carbocycles. The van der Waals surface area contributed by atoms with Gasteiger partial charge >= 0.3 is 0 Å². The van der Waals surface area contributed by atoms with Crippen LogP contribution in [0.1, 0.15) is 29.6 Å². The van der Waals surface area contributed by atoms with Crippen molar-refractivity contribution in [3.63, 3.8) is 0 Å². The molecule has 4 nitrogen and oxygen atoms in total. The van der Waals surface area contributed by atoms with Gasteiger partial charge in [-0.15, -0.1) is 0 Å². The first kappa shape index (κ1) is 13.4. The molecule has 5 heteroatoms. The van der Waals surface area contributed by atoms with E-state index in [4.69, 9.17) is 10.8 Å². The van der Waals surface area contributed by atoms with Crippen molar-refractivity contribution in [3.8, 4) is 0 Å². The zero-order chi connectivity index (χ0) is 12.7. The molecule has 0 aliphatic heterocycles. The highest BCUT2D eigenvalue weighted by Gasteiger charge is 2.09. The third-order valence-corrected chi connectivity index (χ3v) is 2.38. The highest BCUT2D eigenvalue weighted by Crippen LogP contribution is 2.12. The largest absolute Gasteiger partial charge is 0.398 e. The van der Waals surface area contributed by atoms with Crippen molar-refractivity contribution in [2.45, 2.75) is 19.3 Å². The Morgan fingerprint density at radius 1 is 1.35 bits per heavy atom. The zero-order valence-electron chi connectivity index (χ0n) is 9.58. The lowest BCUT2D eigenvalue weighted by Gasteiger charge is -2.07. The van der Waals surface area contributed by atoms with Crippen molar-refractivity contribution in [1.29, 1.82) is 0 Å². The van der Waals surface area contributed by atoms with Gasteiger partial charge in [0.05, 0.1) is 5.56 Å². The molecule has 0 bridgehead atoms. The van der Waals surface area contributed by atoms with Crippen LogP contribution in [0.3, 0.4) is 0 Å². The lowest BCUT2D eigenvalue weighted by atomic mass is 10.1. The molecule has 0 spiro atoms. The van der Waals surface area contributed by atoms with Gasteiger partial charge in [-0.2, -0.15) is 0 Å². The van der Waals surface area contributed by atoms with E-state index in [9.17, 15) is 9.18 Å². The third-order valence-electron chi connectivity index (χ3n) is 2.38. The van der Waals surface area contributed by atoms with Crippen LogP contribution in [-0.4, -0.2) is 24.2 Å². The Bertz CT molecular complexity index is 383. The van der Waals surface area contributed by atoms with Crippen LogP contribution < -0.4 is 11.1 Å². The van der Waals surface area contributed by atoms with E-state index in [0.29, 0.717) is 6.54 Å². The monoisotopic (exact) mass is 240 g/mol. The minimum absolute atomic E-state index is 0.158. The number of unbranched alkanes of at least 4 members (excludes halogenated alkanes) is 2. The molecule has 0 atom stereocenters. The van der Waals surface area contributed by atoms with Gasteiger partial charge in [-0.25, -0.2) is 4.39 Å². The topological polar surface area (TPSA) is 75.4 Å². The fourth-order valence-electron chi connectivity index (χ4n) is 1.44. The Morgan fingerprint density at radius 3 is 2.82 bits per heavy atom. The Kier molecular flexibility index (Phi) is 5.42. The van der Waals surface area contributed by atoms with Crippen LogP contribution in [0.4, 0.5) is 10.1 Å². The Morgan fingerprint density at radius 2 is 2.12 bits per heavy atom. The summed E-state index contributed by atoms with van der Waals surface area (Å²) in [6.45, 7) is 0.652. The molecule has 0 aliphatic rings. The normalized spacial score (nSPS) is 10.2. The average Bonchev–Trinajstić information content (AvgIpc) is 2.32. The van der Waals surface area contributed by atoms with Gasteiger partial charge in [0.1, 0.15) is 5.82 Å². The molecule has 1 amide bonds. The maximum absolute atomic E-state index is 12.9. The SMILES string of the molecule is Nc1ccc(F)cc1C(=O)NCCCCCO. The number of hydrogen-bond donors (Lipinski definition) is 3. The van der Waals surface area contributed by atoms with Gasteiger partial charge < -0.3 is 16.2 Å². The van der Waals surface area contributed by atoms with Crippen LogP contribution in [0.5, 0.6) is 0 Å². The molecule has 17 heavy (non-hydrogen) atoms. The lowest BCUT2D eigenvalue weighted by Crippen LogP contribution is -2.25. The van der Waals surface area contributed by atoms with Crippen molar-refractivity contribution < 1.29 is 14.3 Å². The van der Waals surface area contributed by atoms with Crippen LogP contribution in [0.2, 0.25) is 0 Å². The summed E-state index contributed by atoms with van der Waals surface area (Å²) >= 11 is 0. The molecular weight excluding hydrogens is 223 g/mol. The summed E-state index contributed by atoms with van der Waals surface area (Å²) < 4.78 is 12.9. The number of nitrogens with one attached hydrogen (secondary N) is 1. The Hall–Kier alpha value is -1.62. The number of anilines is 1. The zero-order valence-corrected chi connectivity index (χ0v) is 9.58. The van der Waals surface area contributed by atoms with E-state index in [1.54, 1.807) is 0 Å². The fraction of sp³-hybridized carbons (Fsp3) is 0.417. The van der Waals surface area contributed by atoms with Crippen molar-refractivity contribution in [2.24, 2.45) is 0 Å². The number of nitrogen functional groups attached to an aromatic ring is 1. The van der Waals surface area contributed by atoms with Crippen molar-refractivity contribution >= 4 is 11.6 Å². The summed E-state index contributed by atoms with van der Waals surface area (Å²) in [4.78, 5) is 11.6. The maximum atomic E-state index is 12.9.